The standard InChI is InChI=1S/C12H16IN3O/c1-2-3-9-7-14-12(15-8-9)16-5-4-10(17)6-11(16)13/h2-3,7-8,10-11,17H,4-6H2,1H3. The molecule has 17 heavy (non-hydrogen) atoms. The second kappa shape index (κ2) is 5.77. The van der Waals surface area contributed by atoms with Gasteiger partial charge in [-0.25, -0.2) is 9.97 Å². The summed E-state index contributed by atoms with van der Waals surface area (Å²) >= 11 is 2.33. The van der Waals surface area contributed by atoms with Gasteiger partial charge in [0.1, 0.15) is 0 Å². The van der Waals surface area contributed by atoms with Gasteiger partial charge in [0.2, 0.25) is 5.95 Å². The van der Waals surface area contributed by atoms with Crippen molar-refractivity contribution in [1.29, 1.82) is 0 Å². The lowest BCUT2D eigenvalue weighted by molar-refractivity contribution is 0.142. The molecule has 2 atom stereocenters. The van der Waals surface area contributed by atoms with Crippen molar-refractivity contribution in [3.05, 3.63) is 24.0 Å². The second-order valence-electron chi connectivity index (χ2n) is 4.12. The quantitative estimate of drug-likeness (QED) is 0.507. The number of alkyl halides is 1. The van der Waals surface area contributed by atoms with E-state index in [2.05, 4.69) is 37.5 Å². The summed E-state index contributed by atoms with van der Waals surface area (Å²) in [6.07, 6.45) is 8.99. The summed E-state index contributed by atoms with van der Waals surface area (Å²) in [6, 6.07) is 0. The van der Waals surface area contributed by atoms with Crippen molar-refractivity contribution < 1.29 is 5.11 Å². The Hall–Kier alpha value is -0.690. The average molecular weight is 345 g/mol. The summed E-state index contributed by atoms with van der Waals surface area (Å²) in [6.45, 7) is 2.79. The fraction of sp³-hybridized carbons (Fsp3) is 0.500. The van der Waals surface area contributed by atoms with Crippen LogP contribution in [0, 0.1) is 0 Å². The lowest BCUT2D eigenvalue weighted by atomic mass is 10.1. The van der Waals surface area contributed by atoms with Crippen molar-refractivity contribution in [2.45, 2.75) is 29.9 Å². The molecule has 1 aliphatic heterocycles. The van der Waals surface area contributed by atoms with E-state index < -0.39 is 0 Å². The minimum atomic E-state index is -0.185. The van der Waals surface area contributed by atoms with Crippen LogP contribution in [0.2, 0.25) is 0 Å². The van der Waals surface area contributed by atoms with E-state index in [1.807, 2.05) is 31.5 Å². The van der Waals surface area contributed by atoms with E-state index in [-0.39, 0.29) is 10.2 Å². The molecule has 0 bridgehead atoms. The first-order valence-corrected chi connectivity index (χ1v) is 6.99. The van der Waals surface area contributed by atoms with Gasteiger partial charge in [-0.05, 0) is 13.3 Å². The van der Waals surface area contributed by atoms with Crippen LogP contribution in [0.3, 0.4) is 0 Å². The molecule has 0 aromatic carbocycles. The number of hydrogen-bond donors (Lipinski definition) is 1. The van der Waals surface area contributed by atoms with Gasteiger partial charge < -0.3 is 10.0 Å². The fourth-order valence-electron chi connectivity index (χ4n) is 1.88. The Balaban J connectivity index is 2.11. The van der Waals surface area contributed by atoms with Crippen molar-refractivity contribution in [1.82, 2.24) is 9.97 Å². The molecular weight excluding hydrogens is 329 g/mol. The number of aromatic nitrogens is 2. The first-order valence-electron chi connectivity index (χ1n) is 5.74. The number of piperidine rings is 1. The predicted octanol–water partition coefficient (Wildman–Crippen LogP) is 2.23. The van der Waals surface area contributed by atoms with Crippen LogP contribution >= 0.6 is 22.6 Å². The Morgan fingerprint density at radius 3 is 2.76 bits per heavy atom. The van der Waals surface area contributed by atoms with Crippen molar-refractivity contribution in [2.75, 3.05) is 11.4 Å². The van der Waals surface area contributed by atoms with E-state index in [1.54, 1.807) is 0 Å². The van der Waals surface area contributed by atoms with Gasteiger partial charge >= 0.3 is 0 Å². The molecule has 0 spiro atoms. The van der Waals surface area contributed by atoms with Crippen molar-refractivity contribution in [2.24, 2.45) is 0 Å². The number of aliphatic hydroxyl groups excluding tert-OH is 1. The van der Waals surface area contributed by atoms with E-state index in [4.69, 9.17) is 0 Å². The summed E-state index contributed by atoms with van der Waals surface area (Å²) in [5, 5.41) is 9.58. The van der Waals surface area contributed by atoms with Gasteiger partial charge in [0.15, 0.2) is 0 Å². The van der Waals surface area contributed by atoms with Crippen LogP contribution in [0.25, 0.3) is 6.08 Å². The van der Waals surface area contributed by atoms with E-state index in [1.165, 1.54) is 0 Å². The highest BCUT2D eigenvalue weighted by molar-refractivity contribution is 14.1. The molecule has 1 N–H and O–H groups in total. The lowest BCUT2D eigenvalue weighted by Gasteiger charge is -2.34. The topological polar surface area (TPSA) is 49.2 Å². The molecule has 2 heterocycles. The van der Waals surface area contributed by atoms with Gasteiger partial charge in [0, 0.05) is 30.9 Å². The summed E-state index contributed by atoms with van der Waals surface area (Å²) in [5.41, 5.74) is 1.01. The van der Waals surface area contributed by atoms with Gasteiger partial charge in [-0.2, -0.15) is 0 Å². The highest BCUT2D eigenvalue weighted by Crippen LogP contribution is 2.25. The molecule has 0 saturated carbocycles. The first-order chi connectivity index (χ1) is 8.20. The van der Waals surface area contributed by atoms with E-state index in [0.717, 1.165) is 30.9 Å². The molecule has 1 aromatic heterocycles. The van der Waals surface area contributed by atoms with Gasteiger partial charge in [-0.3, -0.25) is 0 Å². The maximum Gasteiger partial charge on any atom is 0.226 e. The molecule has 1 saturated heterocycles. The number of anilines is 1. The molecule has 2 rings (SSSR count). The second-order valence-corrected chi connectivity index (χ2v) is 5.56. The smallest absolute Gasteiger partial charge is 0.226 e. The Bertz CT molecular complexity index is 393. The van der Waals surface area contributed by atoms with Crippen LogP contribution in [0.15, 0.2) is 18.5 Å². The van der Waals surface area contributed by atoms with Crippen LogP contribution < -0.4 is 4.90 Å². The summed E-state index contributed by atoms with van der Waals surface area (Å²) < 4.78 is 0.268. The minimum Gasteiger partial charge on any atom is -0.393 e. The van der Waals surface area contributed by atoms with E-state index in [0.29, 0.717) is 0 Å². The number of aliphatic hydroxyl groups is 1. The van der Waals surface area contributed by atoms with Crippen LogP contribution in [-0.2, 0) is 0 Å². The lowest BCUT2D eigenvalue weighted by Crippen LogP contribution is -2.41. The average Bonchev–Trinajstić information content (AvgIpc) is 2.31. The number of rotatable bonds is 2. The van der Waals surface area contributed by atoms with Crippen LogP contribution in [0.4, 0.5) is 5.95 Å². The maximum atomic E-state index is 9.58. The summed E-state index contributed by atoms with van der Waals surface area (Å²) in [5.74, 6) is 0.754. The molecule has 0 aliphatic carbocycles. The zero-order valence-electron chi connectivity index (χ0n) is 9.75. The molecule has 4 nitrogen and oxygen atoms in total. The molecule has 1 aliphatic rings. The number of nitrogens with zero attached hydrogens (tertiary/aromatic N) is 3. The Morgan fingerprint density at radius 1 is 1.47 bits per heavy atom. The summed E-state index contributed by atoms with van der Waals surface area (Å²) in [4.78, 5) is 10.9. The molecule has 1 aromatic rings. The third-order valence-electron chi connectivity index (χ3n) is 2.78. The largest absolute Gasteiger partial charge is 0.393 e. The first kappa shape index (κ1) is 12.8. The normalized spacial score (nSPS) is 25.5. The number of hydrogen-bond acceptors (Lipinski definition) is 4. The van der Waals surface area contributed by atoms with Gasteiger partial charge in [0.25, 0.3) is 0 Å². The molecule has 92 valence electrons. The monoisotopic (exact) mass is 345 g/mol. The van der Waals surface area contributed by atoms with Crippen LogP contribution in [0.1, 0.15) is 25.3 Å². The molecule has 5 heteroatoms. The van der Waals surface area contributed by atoms with Crippen LogP contribution in [0.5, 0.6) is 0 Å². The van der Waals surface area contributed by atoms with Gasteiger partial charge in [0.05, 0.1) is 10.2 Å². The Morgan fingerprint density at radius 2 is 2.18 bits per heavy atom. The zero-order chi connectivity index (χ0) is 12.3. The maximum absolute atomic E-state index is 9.58. The SMILES string of the molecule is CC=Cc1cnc(N2CCC(O)CC2I)nc1. The number of halogens is 1. The van der Waals surface area contributed by atoms with E-state index >= 15 is 0 Å². The molecule has 1 fully saturated rings. The summed E-state index contributed by atoms with van der Waals surface area (Å²) in [7, 11) is 0. The highest BCUT2D eigenvalue weighted by Gasteiger charge is 2.26. The predicted molar refractivity (Wildman–Crippen MR) is 77.1 cm³/mol. The van der Waals surface area contributed by atoms with Crippen molar-refractivity contribution in [3.63, 3.8) is 0 Å². The Kier molecular flexibility index (Phi) is 4.33. The van der Waals surface area contributed by atoms with Gasteiger partial charge in [-0.1, -0.05) is 34.7 Å². The van der Waals surface area contributed by atoms with Crippen LogP contribution in [-0.4, -0.2) is 31.8 Å². The number of allylic oxidation sites excluding steroid dienone is 1. The highest BCUT2D eigenvalue weighted by atomic mass is 127. The van der Waals surface area contributed by atoms with Crippen molar-refractivity contribution >= 4 is 34.6 Å². The molecule has 0 amide bonds. The van der Waals surface area contributed by atoms with E-state index in [9.17, 15) is 5.11 Å². The molecule has 0 radical (unpaired) electrons. The van der Waals surface area contributed by atoms with Gasteiger partial charge in [-0.15, -0.1) is 0 Å². The minimum absolute atomic E-state index is 0.185. The Labute approximate surface area is 115 Å². The van der Waals surface area contributed by atoms with Crippen molar-refractivity contribution in [3.8, 4) is 0 Å². The third kappa shape index (κ3) is 3.16. The zero-order valence-corrected chi connectivity index (χ0v) is 11.9. The third-order valence-corrected chi connectivity index (χ3v) is 3.96. The molecular formula is C12H16IN3O. The molecule has 2 unspecified atom stereocenters. The fourth-order valence-corrected chi connectivity index (χ4v) is 3.00.